The van der Waals surface area contributed by atoms with Crippen molar-refractivity contribution in [1.29, 1.82) is 0 Å². The Bertz CT molecular complexity index is 549. The van der Waals surface area contributed by atoms with Crippen molar-refractivity contribution < 1.29 is 5.11 Å². The molecule has 1 atom stereocenters. The summed E-state index contributed by atoms with van der Waals surface area (Å²) in [6.07, 6.45) is 1.96. The predicted octanol–water partition coefficient (Wildman–Crippen LogP) is 1.44. The van der Waals surface area contributed by atoms with Crippen LogP contribution in [-0.4, -0.2) is 19.9 Å². The van der Waals surface area contributed by atoms with Gasteiger partial charge in [0, 0.05) is 6.54 Å². The van der Waals surface area contributed by atoms with E-state index in [4.69, 9.17) is 5.73 Å². The van der Waals surface area contributed by atoms with Crippen molar-refractivity contribution in [1.82, 2.24) is 14.8 Å². The van der Waals surface area contributed by atoms with Gasteiger partial charge in [0.15, 0.2) is 5.82 Å². The van der Waals surface area contributed by atoms with Crippen LogP contribution in [0.25, 0.3) is 11.4 Å². The molecule has 1 aliphatic heterocycles. The van der Waals surface area contributed by atoms with Gasteiger partial charge in [-0.05, 0) is 25.0 Å². The second-order valence-corrected chi connectivity index (χ2v) is 4.30. The van der Waals surface area contributed by atoms with Crippen molar-refractivity contribution in [2.45, 2.75) is 25.4 Å². The Labute approximate surface area is 98.9 Å². The summed E-state index contributed by atoms with van der Waals surface area (Å²) in [7, 11) is 0. The summed E-state index contributed by atoms with van der Waals surface area (Å²) in [6, 6.07) is 7.11. The summed E-state index contributed by atoms with van der Waals surface area (Å²) in [6.45, 7) is 0.861. The fraction of sp³-hybridized carbons (Fsp3) is 0.333. The molecule has 1 aliphatic rings. The van der Waals surface area contributed by atoms with Crippen LogP contribution in [0.2, 0.25) is 0 Å². The van der Waals surface area contributed by atoms with Gasteiger partial charge in [-0.2, -0.15) is 0 Å². The minimum absolute atomic E-state index is 0.0455. The van der Waals surface area contributed by atoms with E-state index in [-0.39, 0.29) is 11.8 Å². The van der Waals surface area contributed by atoms with Crippen LogP contribution in [0, 0.1) is 0 Å². The smallest absolute Gasteiger partial charge is 0.167 e. The highest BCUT2D eigenvalue weighted by molar-refractivity contribution is 5.63. The minimum atomic E-state index is -0.0455. The standard InChI is InChI=1S/C12H14N4O/c13-9-5-3-7-16-11(14-15-12(9)16)8-4-1-2-6-10(8)17/h1-2,4,6,9,17H,3,5,7,13H2. The lowest BCUT2D eigenvalue weighted by molar-refractivity contribution is 0.451. The molecule has 1 aromatic heterocycles. The number of hydrogen-bond acceptors (Lipinski definition) is 4. The predicted molar refractivity (Wildman–Crippen MR) is 63.3 cm³/mol. The average molecular weight is 230 g/mol. The lowest BCUT2D eigenvalue weighted by Gasteiger charge is -2.20. The summed E-state index contributed by atoms with van der Waals surface area (Å²) < 4.78 is 2.00. The van der Waals surface area contributed by atoms with Crippen LogP contribution in [0.4, 0.5) is 0 Å². The zero-order valence-corrected chi connectivity index (χ0v) is 9.37. The summed E-state index contributed by atoms with van der Waals surface area (Å²) in [4.78, 5) is 0. The van der Waals surface area contributed by atoms with E-state index in [2.05, 4.69) is 10.2 Å². The van der Waals surface area contributed by atoms with Crippen LogP contribution in [0.1, 0.15) is 24.7 Å². The highest BCUT2D eigenvalue weighted by Crippen LogP contribution is 2.31. The molecule has 0 amide bonds. The van der Waals surface area contributed by atoms with E-state index in [0.29, 0.717) is 11.4 Å². The maximum atomic E-state index is 9.84. The SMILES string of the molecule is NC1CCCn2c(-c3ccccc3O)nnc21. The first-order chi connectivity index (χ1) is 8.27. The molecule has 1 aromatic carbocycles. The number of para-hydroxylation sites is 1. The van der Waals surface area contributed by atoms with Gasteiger partial charge in [0.25, 0.3) is 0 Å². The van der Waals surface area contributed by atoms with Gasteiger partial charge in [0.05, 0.1) is 11.6 Å². The Balaban J connectivity index is 2.14. The molecule has 0 fully saturated rings. The average Bonchev–Trinajstić information content (AvgIpc) is 2.75. The molecule has 0 aliphatic carbocycles. The zero-order chi connectivity index (χ0) is 11.8. The Hall–Kier alpha value is -1.88. The number of aromatic hydroxyl groups is 1. The van der Waals surface area contributed by atoms with E-state index >= 15 is 0 Å². The molecule has 5 nitrogen and oxygen atoms in total. The number of fused-ring (bicyclic) bond motifs is 1. The lowest BCUT2D eigenvalue weighted by Crippen LogP contribution is -2.22. The van der Waals surface area contributed by atoms with Gasteiger partial charge in [-0.15, -0.1) is 10.2 Å². The number of phenolic OH excluding ortho intramolecular Hbond substituents is 1. The van der Waals surface area contributed by atoms with E-state index < -0.39 is 0 Å². The largest absolute Gasteiger partial charge is 0.507 e. The van der Waals surface area contributed by atoms with Gasteiger partial charge in [-0.25, -0.2) is 0 Å². The highest BCUT2D eigenvalue weighted by atomic mass is 16.3. The summed E-state index contributed by atoms with van der Waals surface area (Å²) in [5.41, 5.74) is 6.70. The van der Waals surface area contributed by atoms with Crippen molar-refractivity contribution in [3.05, 3.63) is 30.1 Å². The molecule has 0 saturated carbocycles. The van der Waals surface area contributed by atoms with Crippen molar-refractivity contribution in [3.8, 4) is 17.1 Å². The monoisotopic (exact) mass is 230 g/mol. The van der Waals surface area contributed by atoms with Gasteiger partial charge in [0.2, 0.25) is 0 Å². The Morgan fingerprint density at radius 3 is 2.94 bits per heavy atom. The minimum Gasteiger partial charge on any atom is -0.507 e. The molecule has 1 unspecified atom stereocenters. The van der Waals surface area contributed by atoms with E-state index in [0.717, 1.165) is 25.2 Å². The third-order valence-corrected chi connectivity index (χ3v) is 3.15. The first-order valence-corrected chi connectivity index (χ1v) is 5.74. The van der Waals surface area contributed by atoms with Gasteiger partial charge in [-0.3, -0.25) is 0 Å². The maximum Gasteiger partial charge on any atom is 0.167 e. The molecule has 0 radical (unpaired) electrons. The Kier molecular flexibility index (Phi) is 2.33. The highest BCUT2D eigenvalue weighted by Gasteiger charge is 2.23. The van der Waals surface area contributed by atoms with Gasteiger partial charge >= 0.3 is 0 Å². The molecule has 3 rings (SSSR count). The second kappa shape index (κ2) is 3.85. The first kappa shape index (κ1) is 10.3. The maximum absolute atomic E-state index is 9.84. The third kappa shape index (κ3) is 1.59. The normalized spacial score (nSPS) is 19.0. The van der Waals surface area contributed by atoms with E-state index in [1.165, 1.54) is 0 Å². The Morgan fingerprint density at radius 2 is 2.12 bits per heavy atom. The van der Waals surface area contributed by atoms with Crippen molar-refractivity contribution in [3.63, 3.8) is 0 Å². The van der Waals surface area contributed by atoms with Crippen LogP contribution in [0.3, 0.4) is 0 Å². The van der Waals surface area contributed by atoms with Crippen LogP contribution in [-0.2, 0) is 6.54 Å². The van der Waals surface area contributed by atoms with Crippen molar-refractivity contribution in [2.75, 3.05) is 0 Å². The van der Waals surface area contributed by atoms with Crippen LogP contribution in [0.15, 0.2) is 24.3 Å². The third-order valence-electron chi connectivity index (χ3n) is 3.15. The molecule has 3 N–H and O–H groups in total. The van der Waals surface area contributed by atoms with E-state index in [1.807, 2.05) is 16.7 Å². The van der Waals surface area contributed by atoms with Gasteiger partial charge < -0.3 is 15.4 Å². The Morgan fingerprint density at radius 1 is 1.29 bits per heavy atom. The molecule has 0 saturated heterocycles. The van der Waals surface area contributed by atoms with E-state index in [9.17, 15) is 5.11 Å². The first-order valence-electron chi connectivity index (χ1n) is 5.74. The fourth-order valence-corrected chi connectivity index (χ4v) is 2.27. The van der Waals surface area contributed by atoms with Crippen molar-refractivity contribution in [2.24, 2.45) is 5.73 Å². The molecular weight excluding hydrogens is 216 g/mol. The van der Waals surface area contributed by atoms with Crippen LogP contribution in [0.5, 0.6) is 5.75 Å². The molecule has 5 heteroatoms. The van der Waals surface area contributed by atoms with Gasteiger partial charge in [0.1, 0.15) is 11.6 Å². The lowest BCUT2D eigenvalue weighted by atomic mass is 10.1. The van der Waals surface area contributed by atoms with E-state index in [1.54, 1.807) is 12.1 Å². The molecule has 2 heterocycles. The number of phenols is 1. The molecule has 17 heavy (non-hydrogen) atoms. The molecule has 2 aromatic rings. The topological polar surface area (TPSA) is 77.0 Å². The van der Waals surface area contributed by atoms with Crippen molar-refractivity contribution >= 4 is 0 Å². The number of nitrogens with zero attached hydrogens (tertiary/aromatic N) is 3. The quantitative estimate of drug-likeness (QED) is 0.777. The number of rotatable bonds is 1. The summed E-state index contributed by atoms with van der Waals surface area (Å²) in [5, 5.41) is 18.1. The molecular formula is C12H14N4O. The second-order valence-electron chi connectivity index (χ2n) is 4.30. The number of nitrogens with two attached hydrogens (primary N) is 1. The number of aromatic nitrogens is 3. The molecule has 88 valence electrons. The van der Waals surface area contributed by atoms with Crippen LogP contribution >= 0.6 is 0 Å². The fourth-order valence-electron chi connectivity index (χ4n) is 2.27. The number of hydrogen-bond donors (Lipinski definition) is 2. The summed E-state index contributed by atoms with van der Waals surface area (Å²) >= 11 is 0. The molecule has 0 spiro atoms. The zero-order valence-electron chi connectivity index (χ0n) is 9.37. The van der Waals surface area contributed by atoms with Crippen LogP contribution < -0.4 is 5.73 Å². The van der Waals surface area contributed by atoms with Gasteiger partial charge in [-0.1, -0.05) is 12.1 Å². The number of benzene rings is 1. The summed E-state index contributed by atoms with van der Waals surface area (Å²) in [5.74, 6) is 1.74. The molecule has 0 bridgehead atoms.